The molecule has 0 bridgehead atoms. The molecule has 0 heterocycles. The highest BCUT2D eigenvalue weighted by Crippen LogP contribution is 2.50. The number of nitrogens with one attached hydrogen (secondary N) is 3. The smallest absolute Gasteiger partial charge is 0.242 e. The molecular formula is C36H45N3O8. The van der Waals surface area contributed by atoms with Crippen LogP contribution in [0.4, 0.5) is 5.69 Å². The molecular weight excluding hydrogens is 602 g/mol. The van der Waals surface area contributed by atoms with E-state index in [1.165, 1.54) is 20.1 Å². The van der Waals surface area contributed by atoms with Crippen LogP contribution in [0.1, 0.15) is 49.9 Å². The summed E-state index contributed by atoms with van der Waals surface area (Å²) in [5.74, 6) is 2.09. The summed E-state index contributed by atoms with van der Waals surface area (Å²) < 4.78 is 27.8. The van der Waals surface area contributed by atoms with Gasteiger partial charge in [-0.15, -0.1) is 0 Å². The second kappa shape index (κ2) is 15.6. The van der Waals surface area contributed by atoms with Gasteiger partial charge in [0.25, 0.3) is 0 Å². The number of amides is 2. The van der Waals surface area contributed by atoms with E-state index in [1.54, 1.807) is 34.5 Å². The third-order valence-corrected chi connectivity index (χ3v) is 8.34. The maximum absolute atomic E-state index is 13.8. The van der Waals surface area contributed by atoms with Crippen molar-refractivity contribution in [1.29, 1.82) is 0 Å². The summed E-state index contributed by atoms with van der Waals surface area (Å²) in [6.45, 7) is 5.68. The highest BCUT2D eigenvalue weighted by Gasteiger charge is 2.30. The van der Waals surface area contributed by atoms with E-state index in [1.807, 2.05) is 44.2 Å². The first-order valence-electron chi connectivity index (χ1n) is 15.6. The zero-order valence-corrected chi connectivity index (χ0v) is 28.4. The average molecular weight is 648 g/mol. The van der Waals surface area contributed by atoms with Gasteiger partial charge >= 0.3 is 0 Å². The average Bonchev–Trinajstić information content (AvgIpc) is 3.30. The molecule has 3 aromatic carbocycles. The molecule has 4 rings (SSSR count). The Balaban J connectivity index is 1.69. The zero-order chi connectivity index (χ0) is 34.2. The fraction of sp³-hybridized carbons (Fsp3) is 0.417. The number of benzene rings is 2. The second-order valence-corrected chi connectivity index (χ2v) is 11.7. The van der Waals surface area contributed by atoms with E-state index in [-0.39, 0.29) is 28.8 Å². The van der Waals surface area contributed by atoms with E-state index in [9.17, 15) is 14.4 Å². The van der Waals surface area contributed by atoms with Crippen LogP contribution < -0.4 is 45.1 Å². The van der Waals surface area contributed by atoms with Crippen molar-refractivity contribution >= 4 is 17.5 Å². The number of anilines is 1. The molecule has 0 aliphatic heterocycles. The summed E-state index contributed by atoms with van der Waals surface area (Å²) in [5, 5.41) is 9.23. The van der Waals surface area contributed by atoms with Crippen molar-refractivity contribution in [3.05, 3.63) is 69.4 Å². The number of fused-ring (bicyclic) bond motifs is 3. The molecule has 1 aliphatic carbocycles. The van der Waals surface area contributed by atoms with Crippen molar-refractivity contribution in [1.82, 2.24) is 10.6 Å². The van der Waals surface area contributed by atoms with Gasteiger partial charge in [-0.05, 0) is 77.8 Å². The fourth-order valence-corrected chi connectivity index (χ4v) is 6.01. The first-order chi connectivity index (χ1) is 22.6. The molecule has 0 fully saturated rings. The lowest BCUT2D eigenvalue weighted by Crippen LogP contribution is -2.44. The summed E-state index contributed by atoms with van der Waals surface area (Å²) >= 11 is 0. The van der Waals surface area contributed by atoms with Gasteiger partial charge in [0.2, 0.25) is 23.0 Å². The Bertz CT molecular complexity index is 1670. The highest BCUT2D eigenvalue weighted by molar-refractivity contribution is 5.86. The topological polar surface area (TPSA) is 133 Å². The Labute approximate surface area is 275 Å². The van der Waals surface area contributed by atoms with Gasteiger partial charge < -0.3 is 39.6 Å². The van der Waals surface area contributed by atoms with Crippen molar-refractivity contribution < 1.29 is 33.3 Å². The van der Waals surface area contributed by atoms with Gasteiger partial charge in [-0.2, -0.15) is 0 Å². The number of ether oxygens (including phenoxy) is 5. The van der Waals surface area contributed by atoms with Gasteiger partial charge in [0, 0.05) is 19.0 Å². The Hall–Kier alpha value is -4.93. The molecule has 11 nitrogen and oxygen atoms in total. The lowest BCUT2D eigenvalue weighted by Gasteiger charge is -2.22. The largest absolute Gasteiger partial charge is 0.493 e. The number of carbonyl (C=O) groups is 2. The van der Waals surface area contributed by atoms with Gasteiger partial charge in [0.05, 0.1) is 47.3 Å². The number of hydrogen-bond acceptors (Lipinski definition) is 9. The van der Waals surface area contributed by atoms with Crippen LogP contribution in [0.25, 0.3) is 11.1 Å². The summed E-state index contributed by atoms with van der Waals surface area (Å²) in [7, 11) is 7.82. The molecule has 2 atom stereocenters. The van der Waals surface area contributed by atoms with E-state index in [4.69, 9.17) is 23.7 Å². The number of hydrogen-bond donors (Lipinski definition) is 3. The van der Waals surface area contributed by atoms with Gasteiger partial charge in [-0.1, -0.05) is 26.0 Å². The summed E-state index contributed by atoms with van der Waals surface area (Å²) in [4.78, 5) is 39.5. The van der Waals surface area contributed by atoms with Crippen LogP contribution in [0.15, 0.2) is 47.3 Å². The molecule has 2 amide bonds. The Morgan fingerprint density at radius 1 is 0.851 bits per heavy atom. The zero-order valence-electron chi connectivity index (χ0n) is 28.4. The van der Waals surface area contributed by atoms with E-state index in [0.717, 1.165) is 16.7 Å². The fourth-order valence-electron chi connectivity index (χ4n) is 6.01. The van der Waals surface area contributed by atoms with Crippen molar-refractivity contribution in [2.75, 3.05) is 47.4 Å². The molecule has 3 aromatic rings. The number of aryl methyl sites for hydroxylation is 1. The lowest BCUT2D eigenvalue weighted by molar-refractivity contribution is -0.122. The van der Waals surface area contributed by atoms with Crippen molar-refractivity contribution in [3.8, 4) is 39.9 Å². The number of methoxy groups -OCH3 is 5. The highest BCUT2D eigenvalue weighted by atomic mass is 16.5. The molecule has 252 valence electrons. The van der Waals surface area contributed by atoms with Crippen LogP contribution in [-0.2, 0) is 22.4 Å². The normalized spacial score (nSPS) is 14.1. The van der Waals surface area contributed by atoms with Gasteiger partial charge in [0.1, 0.15) is 6.04 Å². The van der Waals surface area contributed by atoms with Crippen LogP contribution in [-0.4, -0.2) is 59.9 Å². The van der Waals surface area contributed by atoms with Crippen molar-refractivity contribution in [2.24, 2.45) is 5.92 Å². The molecule has 0 spiro atoms. The molecule has 3 N–H and O–H groups in total. The van der Waals surface area contributed by atoms with Crippen LogP contribution in [0.5, 0.6) is 28.7 Å². The van der Waals surface area contributed by atoms with Crippen LogP contribution in [0, 0.1) is 5.92 Å². The summed E-state index contributed by atoms with van der Waals surface area (Å²) in [6.07, 6.45) is 1.71. The van der Waals surface area contributed by atoms with Crippen LogP contribution >= 0.6 is 0 Å². The monoisotopic (exact) mass is 647 g/mol. The Morgan fingerprint density at radius 3 is 2.17 bits per heavy atom. The molecule has 0 radical (unpaired) electrons. The molecule has 0 aromatic heterocycles. The van der Waals surface area contributed by atoms with Gasteiger partial charge in [0.15, 0.2) is 23.0 Å². The third-order valence-electron chi connectivity index (χ3n) is 8.34. The van der Waals surface area contributed by atoms with Crippen molar-refractivity contribution in [2.45, 2.75) is 52.1 Å². The van der Waals surface area contributed by atoms with E-state index < -0.39 is 12.1 Å². The second-order valence-electron chi connectivity index (χ2n) is 11.7. The summed E-state index contributed by atoms with van der Waals surface area (Å²) in [5.41, 5.74) is 3.96. The predicted octanol–water partition coefficient (Wildman–Crippen LogP) is 4.68. The maximum atomic E-state index is 13.8. The molecule has 47 heavy (non-hydrogen) atoms. The van der Waals surface area contributed by atoms with Crippen LogP contribution in [0.2, 0.25) is 0 Å². The first kappa shape index (κ1) is 34.9. The minimum absolute atomic E-state index is 0.136. The van der Waals surface area contributed by atoms with Crippen LogP contribution in [0.3, 0.4) is 0 Å². The molecule has 1 aliphatic rings. The molecule has 0 saturated carbocycles. The molecule has 0 saturated heterocycles. The Morgan fingerprint density at radius 2 is 1.55 bits per heavy atom. The van der Waals surface area contributed by atoms with Crippen molar-refractivity contribution in [3.63, 3.8) is 0 Å². The van der Waals surface area contributed by atoms with E-state index >= 15 is 0 Å². The van der Waals surface area contributed by atoms with Gasteiger partial charge in [-0.3, -0.25) is 14.4 Å². The van der Waals surface area contributed by atoms with Gasteiger partial charge in [-0.25, -0.2) is 0 Å². The SMILES string of the molecule is COc1ccc(CCNC(=O)[C@@H](Nc2ccc3c(cc2=O)[C@H](NC(C)=O)CCc2cc(OC)c(OC)c(OC)c2-3)C(C)C)cc1OC. The minimum atomic E-state index is -0.687. The quantitative estimate of drug-likeness (QED) is 0.242. The molecule has 0 unspecified atom stereocenters. The minimum Gasteiger partial charge on any atom is -0.493 e. The molecule has 11 heteroatoms. The standard InChI is InChI=1S/C36H45N3O8/c1-20(2)33(36(42)37-16-15-22-9-14-29(43-4)30(17-22)44-5)39-27-13-11-24-25(19-28(27)41)26(38-21(3)40)12-10-23-18-31(45-6)34(46-7)35(47-8)32(23)24/h9,11,13-14,17-20,26,33H,10,12,15-16H2,1-8H3,(H,37,42)(H,38,40)(H,39,41)/t26-,33+/m1/s1. The summed E-state index contributed by atoms with van der Waals surface area (Å²) in [6, 6.07) is 11.5. The maximum Gasteiger partial charge on any atom is 0.242 e. The van der Waals surface area contributed by atoms with E-state index in [2.05, 4.69) is 16.0 Å². The number of carbonyl (C=O) groups excluding carboxylic acids is 2. The third kappa shape index (κ3) is 7.73. The number of rotatable bonds is 13. The Kier molecular flexibility index (Phi) is 11.6. The predicted molar refractivity (Wildman–Crippen MR) is 181 cm³/mol. The lowest BCUT2D eigenvalue weighted by atomic mass is 9.95. The van der Waals surface area contributed by atoms with E-state index in [0.29, 0.717) is 65.7 Å². The first-order valence-corrected chi connectivity index (χ1v) is 15.6.